The molecule has 3 rings (SSSR count). The third-order valence-corrected chi connectivity index (χ3v) is 3.99. The highest BCUT2D eigenvalue weighted by molar-refractivity contribution is 5.84. The average molecular weight is 336 g/mol. The van der Waals surface area contributed by atoms with E-state index in [2.05, 4.69) is 6.92 Å². The molecule has 0 saturated heterocycles. The lowest BCUT2D eigenvalue weighted by Crippen LogP contribution is -2.16. The van der Waals surface area contributed by atoms with Gasteiger partial charge in [-0.3, -0.25) is 9.59 Å². The normalized spacial score (nSPS) is 10.8. The van der Waals surface area contributed by atoms with Gasteiger partial charge in [-0.2, -0.15) is 0 Å². The molecule has 0 unspecified atom stereocenters. The van der Waals surface area contributed by atoms with E-state index in [9.17, 15) is 9.59 Å². The van der Waals surface area contributed by atoms with Gasteiger partial charge in [-0.1, -0.05) is 62.2 Å². The summed E-state index contributed by atoms with van der Waals surface area (Å²) in [5.74, 6) is -0.159. The molecule has 128 valence electrons. The number of esters is 1. The second kappa shape index (κ2) is 7.79. The summed E-state index contributed by atoms with van der Waals surface area (Å²) in [7, 11) is 0. The summed E-state index contributed by atoms with van der Waals surface area (Å²) >= 11 is 0. The number of carbonyl (C=O) groups is 1. The minimum absolute atomic E-state index is 0.0357. The summed E-state index contributed by atoms with van der Waals surface area (Å²) in [6.45, 7) is 2.07. The van der Waals surface area contributed by atoms with Gasteiger partial charge >= 0.3 is 5.97 Å². The molecular formula is C21H20O4. The zero-order chi connectivity index (χ0) is 17.6. The highest BCUT2D eigenvalue weighted by atomic mass is 16.5. The van der Waals surface area contributed by atoms with Crippen molar-refractivity contribution in [1.29, 1.82) is 0 Å². The zero-order valence-electron chi connectivity index (χ0n) is 14.2. The molecular weight excluding hydrogens is 316 g/mol. The Morgan fingerprint density at radius 1 is 1.00 bits per heavy atom. The third kappa shape index (κ3) is 3.79. The van der Waals surface area contributed by atoms with Crippen molar-refractivity contribution in [3.8, 4) is 17.1 Å². The molecule has 0 aliphatic heterocycles. The van der Waals surface area contributed by atoms with Crippen LogP contribution in [0.1, 0.15) is 32.6 Å². The lowest BCUT2D eigenvalue weighted by atomic mass is 10.1. The first-order chi connectivity index (χ1) is 12.2. The molecule has 0 aliphatic carbocycles. The van der Waals surface area contributed by atoms with Gasteiger partial charge in [0.25, 0.3) is 0 Å². The van der Waals surface area contributed by atoms with Crippen molar-refractivity contribution < 1.29 is 13.9 Å². The molecule has 1 heterocycles. The molecule has 2 aromatic carbocycles. The summed E-state index contributed by atoms with van der Waals surface area (Å²) in [6.07, 6.45) is 3.00. The summed E-state index contributed by atoms with van der Waals surface area (Å²) in [6, 6.07) is 16.2. The van der Waals surface area contributed by atoms with Crippen molar-refractivity contribution in [3.05, 3.63) is 64.8 Å². The van der Waals surface area contributed by atoms with Crippen molar-refractivity contribution >= 4 is 16.9 Å². The molecule has 0 spiro atoms. The van der Waals surface area contributed by atoms with Crippen molar-refractivity contribution in [3.63, 3.8) is 0 Å². The average Bonchev–Trinajstić information content (AvgIpc) is 2.65. The Bertz CT molecular complexity index is 926. The first-order valence-electron chi connectivity index (χ1n) is 8.52. The molecule has 25 heavy (non-hydrogen) atoms. The topological polar surface area (TPSA) is 56.5 Å². The van der Waals surface area contributed by atoms with E-state index in [0.29, 0.717) is 16.5 Å². The molecule has 4 nitrogen and oxygen atoms in total. The van der Waals surface area contributed by atoms with Crippen LogP contribution in [0.4, 0.5) is 0 Å². The molecule has 4 heteroatoms. The molecule has 0 aliphatic rings. The van der Waals surface area contributed by atoms with Gasteiger partial charge in [0.1, 0.15) is 5.58 Å². The maximum absolute atomic E-state index is 12.9. The number of fused-ring (bicyclic) bond motifs is 1. The minimum Gasteiger partial charge on any atom is -0.452 e. The predicted octanol–water partition coefficient (Wildman–Crippen LogP) is 4.95. The van der Waals surface area contributed by atoms with Crippen LogP contribution in [0.5, 0.6) is 5.75 Å². The summed E-state index contributed by atoms with van der Waals surface area (Å²) in [5, 5.41) is 0.401. The van der Waals surface area contributed by atoms with E-state index in [0.717, 1.165) is 19.3 Å². The van der Waals surface area contributed by atoms with Crippen LogP contribution in [-0.2, 0) is 4.79 Å². The van der Waals surface area contributed by atoms with Crippen LogP contribution in [0.2, 0.25) is 0 Å². The van der Waals surface area contributed by atoms with Crippen LogP contribution < -0.4 is 10.2 Å². The van der Waals surface area contributed by atoms with Gasteiger partial charge in [-0.05, 0) is 18.6 Å². The fourth-order valence-corrected chi connectivity index (χ4v) is 2.68. The Kier molecular flexibility index (Phi) is 5.29. The number of unbranched alkanes of at least 4 members (excludes halogenated alkanes) is 2. The molecule has 0 amide bonds. The van der Waals surface area contributed by atoms with E-state index in [1.165, 1.54) is 0 Å². The Labute approximate surface area is 146 Å². The van der Waals surface area contributed by atoms with Crippen molar-refractivity contribution in [2.45, 2.75) is 32.6 Å². The molecule has 0 N–H and O–H groups in total. The van der Waals surface area contributed by atoms with Gasteiger partial charge in [0.05, 0.1) is 5.39 Å². The molecule has 3 aromatic rings. The van der Waals surface area contributed by atoms with Crippen molar-refractivity contribution in [2.75, 3.05) is 0 Å². The smallest absolute Gasteiger partial charge is 0.311 e. The number of hydrogen-bond acceptors (Lipinski definition) is 4. The molecule has 0 fully saturated rings. The molecule has 0 radical (unpaired) electrons. The number of carbonyl (C=O) groups excluding carboxylic acids is 1. The number of benzene rings is 2. The van der Waals surface area contributed by atoms with Crippen LogP contribution in [0, 0.1) is 0 Å². The first-order valence-corrected chi connectivity index (χ1v) is 8.52. The second-order valence-electron chi connectivity index (χ2n) is 5.88. The van der Waals surface area contributed by atoms with Gasteiger partial charge in [0.15, 0.2) is 5.76 Å². The van der Waals surface area contributed by atoms with Crippen LogP contribution in [0.15, 0.2) is 63.8 Å². The number of para-hydroxylation sites is 1. The summed E-state index contributed by atoms with van der Waals surface area (Å²) < 4.78 is 11.3. The highest BCUT2D eigenvalue weighted by Gasteiger charge is 2.20. The van der Waals surface area contributed by atoms with E-state index >= 15 is 0 Å². The number of ether oxygens (including phenoxy) is 1. The Morgan fingerprint density at radius 2 is 1.72 bits per heavy atom. The van der Waals surface area contributed by atoms with E-state index in [1.807, 2.05) is 30.3 Å². The Morgan fingerprint density at radius 3 is 2.48 bits per heavy atom. The van der Waals surface area contributed by atoms with Crippen molar-refractivity contribution in [1.82, 2.24) is 0 Å². The van der Waals surface area contributed by atoms with E-state index in [1.54, 1.807) is 24.3 Å². The summed E-state index contributed by atoms with van der Waals surface area (Å²) in [4.78, 5) is 25.0. The van der Waals surface area contributed by atoms with E-state index in [4.69, 9.17) is 9.15 Å². The molecule has 0 bridgehead atoms. The van der Waals surface area contributed by atoms with Crippen LogP contribution in [0.25, 0.3) is 22.3 Å². The first kappa shape index (κ1) is 17.0. The van der Waals surface area contributed by atoms with Gasteiger partial charge < -0.3 is 9.15 Å². The monoisotopic (exact) mass is 336 g/mol. The third-order valence-electron chi connectivity index (χ3n) is 3.99. The number of hydrogen-bond donors (Lipinski definition) is 0. The fraction of sp³-hybridized carbons (Fsp3) is 0.238. The SMILES string of the molecule is CCCCCC(=O)Oc1c(-c2ccccc2)oc2ccccc2c1=O. The van der Waals surface area contributed by atoms with Gasteiger partial charge in [0, 0.05) is 12.0 Å². The summed E-state index contributed by atoms with van der Waals surface area (Å²) in [5.41, 5.74) is 0.836. The Hall–Kier alpha value is -2.88. The molecule has 0 saturated carbocycles. The van der Waals surface area contributed by atoms with Crippen LogP contribution >= 0.6 is 0 Å². The lowest BCUT2D eigenvalue weighted by Gasteiger charge is -2.10. The fourth-order valence-electron chi connectivity index (χ4n) is 2.68. The minimum atomic E-state index is -0.409. The Balaban J connectivity index is 2.06. The maximum atomic E-state index is 12.9. The van der Waals surface area contributed by atoms with Crippen molar-refractivity contribution in [2.24, 2.45) is 0 Å². The highest BCUT2D eigenvalue weighted by Crippen LogP contribution is 2.30. The molecule has 0 atom stereocenters. The molecule has 1 aromatic heterocycles. The van der Waals surface area contributed by atoms with E-state index in [-0.39, 0.29) is 23.4 Å². The van der Waals surface area contributed by atoms with Gasteiger partial charge in [-0.25, -0.2) is 0 Å². The van der Waals surface area contributed by atoms with E-state index < -0.39 is 5.97 Å². The maximum Gasteiger partial charge on any atom is 0.311 e. The second-order valence-corrected chi connectivity index (χ2v) is 5.88. The zero-order valence-corrected chi connectivity index (χ0v) is 14.2. The predicted molar refractivity (Wildman–Crippen MR) is 97.7 cm³/mol. The van der Waals surface area contributed by atoms with Gasteiger partial charge in [-0.15, -0.1) is 0 Å². The van der Waals surface area contributed by atoms with Crippen LogP contribution in [-0.4, -0.2) is 5.97 Å². The number of rotatable bonds is 6. The van der Waals surface area contributed by atoms with Crippen LogP contribution in [0.3, 0.4) is 0 Å². The lowest BCUT2D eigenvalue weighted by molar-refractivity contribution is -0.134. The largest absolute Gasteiger partial charge is 0.452 e. The van der Waals surface area contributed by atoms with Gasteiger partial charge in [0.2, 0.25) is 11.2 Å². The standard InChI is InChI=1S/C21H20O4/c1-2-3-5-14-18(22)25-21-19(23)16-12-8-9-13-17(16)24-20(21)15-10-6-4-7-11-15/h4,6-13H,2-3,5,14H2,1H3. The quantitative estimate of drug-likeness (QED) is 0.472.